The summed E-state index contributed by atoms with van der Waals surface area (Å²) in [7, 11) is 1.49. The lowest BCUT2D eigenvalue weighted by atomic mass is 10.1. The molecule has 0 aliphatic carbocycles. The smallest absolute Gasteiger partial charge is 0.341 e. The molecular weight excluding hydrogens is 255 g/mol. The van der Waals surface area contributed by atoms with Gasteiger partial charge in [0.2, 0.25) is 0 Å². The van der Waals surface area contributed by atoms with E-state index in [1.54, 1.807) is 0 Å². The second-order valence-electron chi connectivity index (χ2n) is 3.49. The highest BCUT2D eigenvalue weighted by Crippen LogP contribution is 2.29. The molecule has 1 rings (SSSR count). The molecule has 0 saturated carbocycles. The summed E-state index contributed by atoms with van der Waals surface area (Å²) in [5, 5.41) is 0. The molecule has 0 unspecified atom stereocenters. The number of alkyl halides is 4. The molecule has 0 radical (unpaired) electrons. The average molecular weight is 266 g/mol. The molecule has 0 N–H and O–H groups in total. The number of carbonyl (C=O) groups excluding carboxylic acids is 1. The summed E-state index contributed by atoms with van der Waals surface area (Å²) >= 11 is 5.46. The van der Waals surface area contributed by atoms with E-state index >= 15 is 0 Å². The van der Waals surface area contributed by atoms with E-state index in [0.29, 0.717) is 0 Å². The fraction of sp³-hybridized carbons (Fsp3) is 0.364. The first-order valence-corrected chi connectivity index (χ1v) is 5.38. The molecular formula is C11H11ClF3NO. The Morgan fingerprint density at radius 1 is 1.41 bits per heavy atom. The van der Waals surface area contributed by atoms with Gasteiger partial charge in [-0.15, -0.1) is 11.6 Å². The SMILES string of the molecule is CN(CCCl)C(=O)c1cccc(C(F)(F)F)c1. The molecule has 1 amide bonds. The van der Waals surface area contributed by atoms with Crippen molar-refractivity contribution in [1.29, 1.82) is 0 Å². The second kappa shape index (κ2) is 5.40. The summed E-state index contributed by atoms with van der Waals surface area (Å²) in [5.41, 5.74) is -0.824. The summed E-state index contributed by atoms with van der Waals surface area (Å²) in [6.45, 7) is 0.288. The zero-order chi connectivity index (χ0) is 13.1. The van der Waals surface area contributed by atoms with Crippen LogP contribution in [0.5, 0.6) is 0 Å². The van der Waals surface area contributed by atoms with E-state index in [4.69, 9.17) is 11.6 Å². The molecule has 0 aromatic heterocycles. The maximum atomic E-state index is 12.4. The quantitative estimate of drug-likeness (QED) is 0.770. The van der Waals surface area contributed by atoms with Gasteiger partial charge >= 0.3 is 6.18 Å². The number of hydrogen-bond donors (Lipinski definition) is 0. The minimum absolute atomic E-state index is 0.00689. The highest BCUT2D eigenvalue weighted by Gasteiger charge is 2.31. The predicted octanol–water partition coefficient (Wildman–Crippen LogP) is 3.02. The Labute approximate surface area is 102 Å². The number of benzene rings is 1. The normalized spacial score (nSPS) is 11.4. The van der Waals surface area contributed by atoms with Crippen molar-refractivity contribution in [3.8, 4) is 0 Å². The highest BCUT2D eigenvalue weighted by atomic mass is 35.5. The van der Waals surface area contributed by atoms with Crippen LogP contribution in [0.4, 0.5) is 13.2 Å². The lowest BCUT2D eigenvalue weighted by molar-refractivity contribution is -0.137. The van der Waals surface area contributed by atoms with Crippen molar-refractivity contribution in [2.24, 2.45) is 0 Å². The van der Waals surface area contributed by atoms with Crippen molar-refractivity contribution < 1.29 is 18.0 Å². The molecule has 0 aliphatic rings. The van der Waals surface area contributed by atoms with Gasteiger partial charge < -0.3 is 4.90 Å². The number of amides is 1. The fourth-order valence-electron chi connectivity index (χ4n) is 1.28. The standard InChI is InChI=1S/C11H11ClF3NO/c1-16(6-5-12)10(17)8-3-2-4-9(7-8)11(13,14)15/h2-4,7H,5-6H2,1H3. The molecule has 0 heterocycles. The van der Waals surface area contributed by atoms with Crippen LogP contribution in [0.25, 0.3) is 0 Å². The van der Waals surface area contributed by atoms with Gasteiger partial charge in [0.05, 0.1) is 5.56 Å². The summed E-state index contributed by atoms with van der Waals surface area (Å²) in [6, 6.07) is 4.33. The number of hydrogen-bond acceptors (Lipinski definition) is 1. The Kier molecular flexibility index (Phi) is 4.40. The van der Waals surface area contributed by atoms with Crippen molar-refractivity contribution in [2.75, 3.05) is 19.5 Å². The second-order valence-corrected chi connectivity index (χ2v) is 3.87. The zero-order valence-corrected chi connectivity index (χ0v) is 9.85. The minimum Gasteiger partial charge on any atom is -0.341 e. The molecule has 1 aromatic carbocycles. The molecule has 0 spiro atoms. The summed E-state index contributed by atoms with van der Waals surface area (Å²) in [5.74, 6) is -0.238. The van der Waals surface area contributed by atoms with Gasteiger partial charge in [0.1, 0.15) is 0 Å². The Hall–Kier alpha value is -1.23. The molecule has 0 fully saturated rings. The number of rotatable bonds is 3. The Morgan fingerprint density at radius 2 is 2.06 bits per heavy atom. The summed E-state index contributed by atoms with van der Waals surface area (Å²) < 4.78 is 37.3. The van der Waals surface area contributed by atoms with Crippen molar-refractivity contribution in [3.63, 3.8) is 0 Å². The lowest BCUT2D eigenvalue weighted by Gasteiger charge is -2.16. The van der Waals surface area contributed by atoms with Crippen LogP contribution in [0.2, 0.25) is 0 Å². The lowest BCUT2D eigenvalue weighted by Crippen LogP contribution is -2.28. The topological polar surface area (TPSA) is 20.3 Å². The van der Waals surface area contributed by atoms with Crippen molar-refractivity contribution in [1.82, 2.24) is 4.90 Å². The Bertz CT molecular complexity index is 406. The van der Waals surface area contributed by atoms with Crippen molar-refractivity contribution >= 4 is 17.5 Å². The van der Waals surface area contributed by atoms with Crippen LogP contribution < -0.4 is 0 Å². The predicted molar refractivity (Wildman–Crippen MR) is 59.1 cm³/mol. The highest BCUT2D eigenvalue weighted by molar-refractivity contribution is 6.18. The van der Waals surface area contributed by atoms with Gasteiger partial charge in [-0.25, -0.2) is 0 Å². The van der Waals surface area contributed by atoms with E-state index in [-0.39, 0.29) is 18.0 Å². The first kappa shape index (κ1) is 13.8. The largest absolute Gasteiger partial charge is 0.416 e. The van der Waals surface area contributed by atoms with Crippen molar-refractivity contribution in [3.05, 3.63) is 35.4 Å². The van der Waals surface area contributed by atoms with Crippen LogP contribution in [0.3, 0.4) is 0 Å². The van der Waals surface area contributed by atoms with E-state index in [2.05, 4.69) is 0 Å². The molecule has 94 valence electrons. The van der Waals surface area contributed by atoms with Crippen LogP contribution in [0.1, 0.15) is 15.9 Å². The third-order valence-corrected chi connectivity index (χ3v) is 2.37. The first-order chi connectivity index (χ1) is 7.86. The number of halogens is 4. The number of carbonyl (C=O) groups is 1. The van der Waals surface area contributed by atoms with Crippen LogP contribution in [-0.2, 0) is 6.18 Å². The van der Waals surface area contributed by atoms with E-state index < -0.39 is 17.6 Å². The molecule has 0 atom stereocenters. The van der Waals surface area contributed by atoms with E-state index in [1.165, 1.54) is 24.1 Å². The van der Waals surface area contributed by atoms with Crippen LogP contribution in [-0.4, -0.2) is 30.3 Å². The van der Waals surface area contributed by atoms with Crippen molar-refractivity contribution in [2.45, 2.75) is 6.18 Å². The molecule has 0 saturated heterocycles. The molecule has 0 aliphatic heterocycles. The average Bonchev–Trinajstić information content (AvgIpc) is 2.27. The monoisotopic (exact) mass is 265 g/mol. The zero-order valence-electron chi connectivity index (χ0n) is 9.09. The minimum atomic E-state index is -4.44. The van der Waals surface area contributed by atoms with Gasteiger partial charge in [0, 0.05) is 25.0 Å². The van der Waals surface area contributed by atoms with E-state index in [0.717, 1.165) is 12.1 Å². The Balaban J connectivity index is 2.96. The molecule has 6 heteroatoms. The van der Waals surface area contributed by atoms with Gasteiger partial charge in [-0.3, -0.25) is 4.79 Å². The maximum Gasteiger partial charge on any atom is 0.416 e. The van der Waals surface area contributed by atoms with Gasteiger partial charge in [0.15, 0.2) is 0 Å². The van der Waals surface area contributed by atoms with Crippen LogP contribution in [0, 0.1) is 0 Å². The van der Waals surface area contributed by atoms with Crippen LogP contribution in [0.15, 0.2) is 24.3 Å². The number of nitrogens with zero attached hydrogens (tertiary/aromatic N) is 1. The first-order valence-electron chi connectivity index (χ1n) is 4.85. The van der Waals surface area contributed by atoms with Gasteiger partial charge in [0.25, 0.3) is 5.91 Å². The van der Waals surface area contributed by atoms with Gasteiger partial charge in [-0.05, 0) is 18.2 Å². The summed E-state index contributed by atoms with van der Waals surface area (Å²) in [6.07, 6.45) is -4.44. The third kappa shape index (κ3) is 3.63. The van der Waals surface area contributed by atoms with E-state index in [1.807, 2.05) is 0 Å². The molecule has 17 heavy (non-hydrogen) atoms. The molecule has 0 bridgehead atoms. The van der Waals surface area contributed by atoms with Gasteiger partial charge in [-0.2, -0.15) is 13.2 Å². The fourth-order valence-corrected chi connectivity index (χ4v) is 1.53. The van der Waals surface area contributed by atoms with Gasteiger partial charge in [-0.1, -0.05) is 6.07 Å². The third-order valence-electron chi connectivity index (χ3n) is 2.20. The molecule has 1 aromatic rings. The summed E-state index contributed by atoms with van der Waals surface area (Å²) in [4.78, 5) is 13.0. The maximum absolute atomic E-state index is 12.4. The Morgan fingerprint density at radius 3 is 2.59 bits per heavy atom. The van der Waals surface area contributed by atoms with Crippen LogP contribution >= 0.6 is 11.6 Å². The van der Waals surface area contributed by atoms with E-state index in [9.17, 15) is 18.0 Å². The molecule has 2 nitrogen and oxygen atoms in total.